The first-order chi connectivity index (χ1) is 13.7. The predicted octanol–water partition coefficient (Wildman–Crippen LogP) is -1.25. The molecule has 0 bridgehead atoms. The van der Waals surface area contributed by atoms with E-state index in [9.17, 15) is 25.5 Å². The summed E-state index contributed by atoms with van der Waals surface area (Å²) in [5, 5.41) is 50.7. The summed E-state index contributed by atoms with van der Waals surface area (Å²) in [6.45, 7) is 3.08. The lowest BCUT2D eigenvalue weighted by Crippen LogP contribution is -2.63. The SMILES string of the molecule is COc1ccc(O[C@@H]2O[C@@H](C)[C@@H](O)[C@@H](O)[C@@H]2O[C@@H]2O[C@@H](C)[C@@H](O)[C@@H](O)[C@@H]2O)cc1. The molecule has 0 unspecified atom stereocenters. The molecule has 2 heterocycles. The van der Waals surface area contributed by atoms with Crippen molar-refractivity contribution in [3.8, 4) is 11.5 Å². The Hall–Kier alpha value is -1.50. The monoisotopic (exact) mass is 416 g/mol. The van der Waals surface area contributed by atoms with Crippen LogP contribution in [0.3, 0.4) is 0 Å². The number of aliphatic hydroxyl groups is 5. The Morgan fingerprint density at radius 3 is 1.79 bits per heavy atom. The van der Waals surface area contributed by atoms with Crippen molar-refractivity contribution in [1.29, 1.82) is 0 Å². The highest BCUT2D eigenvalue weighted by atomic mass is 16.8. The average molecular weight is 416 g/mol. The van der Waals surface area contributed by atoms with Gasteiger partial charge in [-0.15, -0.1) is 0 Å². The van der Waals surface area contributed by atoms with Crippen LogP contribution in [0.25, 0.3) is 0 Å². The van der Waals surface area contributed by atoms with Crippen molar-refractivity contribution in [2.24, 2.45) is 0 Å². The van der Waals surface area contributed by atoms with E-state index in [2.05, 4.69) is 0 Å². The minimum absolute atomic E-state index is 0.397. The molecule has 2 aliphatic rings. The average Bonchev–Trinajstić information content (AvgIpc) is 2.71. The maximum absolute atomic E-state index is 10.5. The van der Waals surface area contributed by atoms with E-state index in [0.29, 0.717) is 11.5 Å². The molecule has 2 fully saturated rings. The van der Waals surface area contributed by atoms with Gasteiger partial charge < -0.3 is 49.2 Å². The van der Waals surface area contributed by atoms with Crippen LogP contribution in [0.4, 0.5) is 0 Å². The molecule has 3 rings (SSSR count). The third-order valence-electron chi connectivity index (χ3n) is 5.20. The Morgan fingerprint density at radius 2 is 1.21 bits per heavy atom. The molecule has 10 nitrogen and oxygen atoms in total. The molecule has 29 heavy (non-hydrogen) atoms. The summed E-state index contributed by atoms with van der Waals surface area (Å²) < 4.78 is 27.6. The first-order valence-electron chi connectivity index (χ1n) is 9.40. The van der Waals surface area contributed by atoms with Crippen molar-refractivity contribution in [1.82, 2.24) is 0 Å². The van der Waals surface area contributed by atoms with Crippen molar-refractivity contribution in [3.05, 3.63) is 24.3 Å². The highest BCUT2D eigenvalue weighted by Gasteiger charge is 2.50. The molecular formula is C19H28O10. The lowest BCUT2D eigenvalue weighted by atomic mass is 9.98. The predicted molar refractivity (Wildman–Crippen MR) is 97.2 cm³/mol. The highest BCUT2D eigenvalue weighted by molar-refractivity contribution is 5.31. The van der Waals surface area contributed by atoms with E-state index < -0.39 is 61.4 Å². The third kappa shape index (κ3) is 4.65. The lowest BCUT2D eigenvalue weighted by molar-refractivity contribution is -0.352. The van der Waals surface area contributed by atoms with Gasteiger partial charge in [0.1, 0.15) is 42.0 Å². The molecule has 5 N–H and O–H groups in total. The van der Waals surface area contributed by atoms with Crippen LogP contribution in [-0.4, -0.2) is 94.1 Å². The van der Waals surface area contributed by atoms with Crippen molar-refractivity contribution in [3.63, 3.8) is 0 Å². The summed E-state index contributed by atoms with van der Waals surface area (Å²) in [6.07, 6.45) is -12.4. The van der Waals surface area contributed by atoms with Crippen LogP contribution in [-0.2, 0) is 14.2 Å². The highest BCUT2D eigenvalue weighted by Crippen LogP contribution is 2.30. The summed E-state index contributed by atoms with van der Waals surface area (Å²) in [7, 11) is 1.53. The fraction of sp³-hybridized carbons (Fsp3) is 0.684. The Bertz CT molecular complexity index is 655. The molecule has 0 amide bonds. The van der Waals surface area contributed by atoms with Crippen LogP contribution in [0.2, 0.25) is 0 Å². The Morgan fingerprint density at radius 1 is 0.690 bits per heavy atom. The molecule has 1 aromatic rings. The summed E-state index contributed by atoms with van der Waals surface area (Å²) in [4.78, 5) is 0. The van der Waals surface area contributed by atoms with Crippen LogP contribution >= 0.6 is 0 Å². The van der Waals surface area contributed by atoms with E-state index in [1.54, 1.807) is 31.2 Å². The number of aliphatic hydroxyl groups excluding tert-OH is 5. The second-order valence-corrected chi connectivity index (χ2v) is 7.27. The lowest BCUT2D eigenvalue weighted by Gasteiger charge is -2.45. The third-order valence-corrected chi connectivity index (χ3v) is 5.20. The van der Waals surface area contributed by atoms with Gasteiger partial charge in [-0.05, 0) is 38.1 Å². The molecule has 2 aliphatic heterocycles. The van der Waals surface area contributed by atoms with Gasteiger partial charge in [0.2, 0.25) is 6.29 Å². The molecular weight excluding hydrogens is 388 g/mol. The first kappa shape index (κ1) is 22.2. The minimum Gasteiger partial charge on any atom is -0.497 e. The fourth-order valence-electron chi connectivity index (χ4n) is 3.31. The summed E-state index contributed by atoms with van der Waals surface area (Å²) >= 11 is 0. The molecule has 10 heteroatoms. The smallest absolute Gasteiger partial charge is 0.229 e. The molecule has 0 aromatic heterocycles. The first-order valence-corrected chi connectivity index (χ1v) is 9.40. The van der Waals surface area contributed by atoms with Crippen LogP contribution < -0.4 is 9.47 Å². The number of hydrogen-bond acceptors (Lipinski definition) is 10. The normalized spacial score (nSPS) is 43.0. The second kappa shape index (κ2) is 9.11. The zero-order valence-corrected chi connectivity index (χ0v) is 16.4. The van der Waals surface area contributed by atoms with Gasteiger partial charge in [0.25, 0.3) is 0 Å². The molecule has 1 aromatic carbocycles. The number of methoxy groups -OCH3 is 1. The van der Waals surface area contributed by atoms with Crippen molar-refractivity contribution < 1.29 is 49.2 Å². The number of rotatable bonds is 5. The van der Waals surface area contributed by atoms with Crippen molar-refractivity contribution in [2.45, 2.75) is 75.3 Å². The Balaban J connectivity index is 1.77. The molecule has 10 atom stereocenters. The van der Waals surface area contributed by atoms with Gasteiger partial charge >= 0.3 is 0 Å². The standard InChI is InChI=1S/C19H28O10/c1-8-12(20)14(22)16(24)18(26-8)29-17-15(23)13(21)9(2)27-19(17)28-11-6-4-10(25-3)5-7-11/h4-9,12-24H,1-3H3/t8-,9-,12+,13+,14+,15+,16-,17-,18-,19-/m0/s1. The van der Waals surface area contributed by atoms with E-state index in [-0.39, 0.29) is 0 Å². The Labute approximate surface area is 168 Å². The van der Waals surface area contributed by atoms with E-state index in [0.717, 1.165) is 0 Å². The van der Waals surface area contributed by atoms with E-state index in [4.69, 9.17) is 23.7 Å². The number of hydrogen-bond donors (Lipinski definition) is 5. The second-order valence-electron chi connectivity index (χ2n) is 7.27. The van der Waals surface area contributed by atoms with Crippen LogP contribution in [0, 0.1) is 0 Å². The van der Waals surface area contributed by atoms with Crippen LogP contribution in [0.5, 0.6) is 11.5 Å². The van der Waals surface area contributed by atoms with Gasteiger partial charge in [-0.3, -0.25) is 0 Å². The van der Waals surface area contributed by atoms with Gasteiger partial charge in [0.15, 0.2) is 12.4 Å². The van der Waals surface area contributed by atoms with Gasteiger partial charge in [0.05, 0.1) is 19.3 Å². The summed E-state index contributed by atoms with van der Waals surface area (Å²) in [6, 6.07) is 6.62. The summed E-state index contributed by atoms with van der Waals surface area (Å²) in [5.41, 5.74) is 0. The Kier molecular flexibility index (Phi) is 6.97. The maximum atomic E-state index is 10.5. The van der Waals surface area contributed by atoms with Crippen molar-refractivity contribution in [2.75, 3.05) is 7.11 Å². The molecule has 0 saturated carbocycles. The van der Waals surface area contributed by atoms with Crippen molar-refractivity contribution >= 4 is 0 Å². The van der Waals surface area contributed by atoms with E-state index in [1.165, 1.54) is 14.0 Å². The zero-order valence-electron chi connectivity index (χ0n) is 16.4. The minimum atomic E-state index is -1.58. The van der Waals surface area contributed by atoms with E-state index >= 15 is 0 Å². The number of benzene rings is 1. The molecule has 2 saturated heterocycles. The van der Waals surface area contributed by atoms with Gasteiger partial charge in [-0.25, -0.2) is 0 Å². The molecule has 0 aliphatic carbocycles. The zero-order chi connectivity index (χ0) is 21.3. The quantitative estimate of drug-likeness (QED) is 0.394. The largest absolute Gasteiger partial charge is 0.497 e. The van der Waals surface area contributed by atoms with Crippen LogP contribution in [0.1, 0.15) is 13.8 Å². The topological polar surface area (TPSA) is 147 Å². The summed E-state index contributed by atoms with van der Waals surface area (Å²) in [5.74, 6) is 1.02. The molecule has 0 radical (unpaired) electrons. The van der Waals surface area contributed by atoms with E-state index in [1.807, 2.05) is 0 Å². The van der Waals surface area contributed by atoms with Gasteiger partial charge in [-0.2, -0.15) is 0 Å². The molecule has 164 valence electrons. The molecule has 0 spiro atoms. The van der Waals surface area contributed by atoms with Gasteiger partial charge in [0, 0.05) is 0 Å². The number of ether oxygens (including phenoxy) is 5. The van der Waals surface area contributed by atoms with Gasteiger partial charge in [-0.1, -0.05) is 0 Å². The van der Waals surface area contributed by atoms with Crippen LogP contribution in [0.15, 0.2) is 24.3 Å². The fourth-order valence-corrected chi connectivity index (χ4v) is 3.31. The maximum Gasteiger partial charge on any atom is 0.229 e.